The Bertz CT molecular complexity index is 398. The summed E-state index contributed by atoms with van der Waals surface area (Å²) in [5, 5.41) is 3.44. The minimum absolute atomic E-state index is 0.663. The van der Waals surface area contributed by atoms with Crippen molar-refractivity contribution in [3.8, 4) is 11.5 Å². The highest BCUT2D eigenvalue weighted by molar-refractivity contribution is 5.39. The predicted molar refractivity (Wildman–Crippen MR) is 81.6 cm³/mol. The van der Waals surface area contributed by atoms with E-state index in [0.29, 0.717) is 12.6 Å². The van der Waals surface area contributed by atoms with E-state index in [1.165, 1.54) is 19.4 Å². The second kappa shape index (κ2) is 8.12. The minimum Gasteiger partial charge on any atom is -0.493 e. The van der Waals surface area contributed by atoms with E-state index in [4.69, 9.17) is 9.47 Å². The Kier molecular flexibility index (Phi) is 6.15. The summed E-state index contributed by atoms with van der Waals surface area (Å²) in [6, 6.07) is 8.48. The van der Waals surface area contributed by atoms with Crippen LogP contribution < -0.4 is 14.8 Å². The third-order valence-electron chi connectivity index (χ3n) is 3.83. The number of methoxy groups -OCH3 is 1. The zero-order chi connectivity index (χ0) is 14.2. The number of nitrogens with zero attached hydrogens (tertiary/aromatic N) is 1. The fourth-order valence-electron chi connectivity index (χ4n) is 2.74. The highest BCUT2D eigenvalue weighted by Crippen LogP contribution is 2.25. The summed E-state index contributed by atoms with van der Waals surface area (Å²) < 4.78 is 11.1. The van der Waals surface area contributed by atoms with Crippen LogP contribution in [0.2, 0.25) is 0 Å². The van der Waals surface area contributed by atoms with E-state index in [0.717, 1.165) is 31.1 Å². The molecule has 2 rings (SSSR count). The number of hydrogen-bond acceptors (Lipinski definition) is 4. The van der Waals surface area contributed by atoms with E-state index in [1.54, 1.807) is 7.11 Å². The molecule has 1 atom stereocenters. The lowest BCUT2D eigenvalue weighted by atomic mass is 10.2. The molecule has 0 spiro atoms. The van der Waals surface area contributed by atoms with Gasteiger partial charge in [0.2, 0.25) is 0 Å². The van der Waals surface area contributed by atoms with Crippen molar-refractivity contribution in [3.63, 3.8) is 0 Å². The van der Waals surface area contributed by atoms with Crippen LogP contribution in [0.1, 0.15) is 19.8 Å². The van der Waals surface area contributed by atoms with Gasteiger partial charge in [-0.3, -0.25) is 4.90 Å². The SMILES string of the molecule is CCNCC1CCCN1CCOc1ccccc1OC. The van der Waals surface area contributed by atoms with Crippen molar-refractivity contribution in [1.82, 2.24) is 10.2 Å². The van der Waals surface area contributed by atoms with Gasteiger partial charge in [-0.1, -0.05) is 19.1 Å². The molecule has 0 saturated carbocycles. The van der Waals surface area contributed by atoms with Gasteiger partial charge in [0, 0.05) is 19.1 Å². The molecule has 0 bridgehead atoms. The molecule has 1 aromatic rings. The molecular weight excluding hydrogens is 252 g/mol. The van der Waals surface area contributed by atoms with E-state index in [9.17, 15) is 0 Å². The van der Waals surface area contributed by atoms with Crippen LogP contribution >= 0.6 is 0 Å². The third-order valence-corrected chi connectivity index (χ3v) is 3.83. The van der Waals surface area contributed by atoms with Gasteiger partial charge in [-0.05, 0) is 38.1 Å². The molecule has 0 amide bonds. The van der Waals surface area contributed by atoms with Crippen LogP contribution in [-0.2, 0) is 0 Å². The Labute approximate surface area is 122 Å². The van der Waals surface area contributed by atoms with Crippen LogP contribution in [0.5, 0.6) is 11.5 Å². The summed E-state index contributed by atoms with van der Waals surface area (Å²) in [6.07, 6.45) is 2.59. The number of likely N-dealkylation sites (N-methyl/N-ethyl adjacent to an activating group) is 1. The Hall–Kier alpha value is -1.26. The summed E-state index contributed by atoms with van der Waals surface area (Å²) >= 11 is 0. The van der Waals surface area contributed by atoms with E-state index < -0.39 is 0 Å². The molecule has 4 nitrogen and oxygen atoms in total. The van der Waals surface area contributed by atoms with Gasteiger partial charge in [0.05, 0.1) is 7.11 Å². The summed E-state index contributed by atoms with van der Waals surface area (Å²) in [5.74, 6) is 1.63. The average molecular weight is 278 g/mol. The molecule has 1 aromatic carbocycles. The minimum atomic E-state index is 0.663. The zero-order valence-corrected chi connectivity index (χ0v) is 12.6. The molecule has 20 heavy (non-hydrogen) atoms. The number of para-hydroxylation sites is 2. The lowest BCUT2D eigenvalue weighted by Gasteiger charge is -2.24. The largest absolute Gasteiger partial charge is 0.493 e. The van der Waals surface area contributed by atoms with Crippen LogP contribution in [0.25, 0.3) is 0 Å². The molecule has 1 fully saturated rings. The first-order chi connectivity index (χ1) is 9.85. The van der Waals surface area contributed by atoms with Crippen LogP contribution in [0.15, 0.2) is 24.3 Å². The van der Waals surface area contributed by atoms with Gasteiger partial charge in [0.25, 0.3) is 0 Å². The molecule has 4 heteroatoms. The number of rotatable bonds is 8. The molecule has 1 N–H and O–H groups in total. The van der Waals surface area contributed by atoms with Crippen molar-refractivity contribution in [2.75, 3.05) is 39.9 Å². The lowest BCUT2D eigenvalue weighted by Crippen LogP contribution is -2.39. The lowest BCUT2D eigenvalue weighted by molar-refractivity contribution is 0.191. The molecular formula is C16H26N2O2. The van der Waals surface area contributed by atoms with E-state index in [2.05, 4.69) is 17.1 Å². The first-order valence-electron chi connectivity index (χ1n) is 7.55. The van der Waals surface area contributed by atoms with Gasteiger partial charge in [0.15, 0.2) is 11.5 Å². The number of benzene rings is 1. The molecule has 1 saturated heterocycles. The standard InChI is InChI=1S/C16H26N2O2/c1-3-17-13-14-7-6-10-18(14)11-12-20-16-9-5-4-8-15(16)19-2/h4-5,8-9,14,17H,3,6-7,10-13H2,1-2H3. The second-order valence-electron chi connectivity index (χ2n) is 5.14. The Morgan fingerprint density at radius 2 is 2.10 bits per heavy atom. The van der Waals surface area contributed by atoms with Gasteiger partial charge >= 0.3 is 0 Å². The fraction of sp³-hybridized carbons (Fsp3) is 0.625. The zero-order valence-electron chi connectivity index (χ0n) is 12.6. The molecule has 1 aliphatic rings. The number of likely N-dealkylation sites (tertiary alicyclic amines) is 1. The number of nitrogens with one attached hydrogen (secondary N) is 1. The van der Waals surface area contributed by atoms with Crippen molar-refractivity contribution in [2.45, 2.75) is 25.8 Å². The van der Waals surface area contributed by atoms with Crippen LogP contribution in [0, 0.1) is 0 Å². The van der Waals surface area contributed by atoms with Crippen molar-refractivity contribution in [2.24, 2.45) is 0 Å². The molecule has 0 aliphatic carbocycles. The highest BCUT2D eigenvalue weighted by atomic mass is 16.5. The fourth-order valence-corrected chi connectivity index (χ4v) is 2.74. The van der Waals surface area contributed by atoms with Gasteiger partial charge in [-0.25, -0.2) is 0 Å². The third kappa shape index (κ3) is 4.12. The van der Waals surface area contributed by atoms with E-state index in [1.807, 2.05) is 24.3 Å². The predicted octanol–water partition coefficient (Wildman–Crippen LogP) is 2.15. The second-order valence-corrected chi connectivity index (χ2v) is 5.14. The Balaban J connectivity index is 1.77. The quantitative estimate of drug-likeness (QED) is 0.790. The molecule has 1 heterocycles. The van der Waals surface area contributed by atoms with Crippen molar-refractivity contribution in [1.29, 1.82) is 0 Å². The van der Waals surface area contributed by atoms with Gasteiger partial charge in [-0.15, -0.1) is 0 Å². The normalized spacial score (nSPS) is 19.2. The number of ether oxygens (including phenoxy) is 2. The molecule has 1 aliphatic heterocycles. The average Bonchev–Trinajstić information content (AvgIpc) is 2.93. The van der Waals surface area contributed by atoms with E-state index in [-0.39, 0.29) is 0 Å². The van der Waals surface area contributed by atoms with Gasteiger partial charge in [0.1, 0.15) is 6.61 Å². The molecule has 112 valence electrons. The maximum atomic E-state index is 5.86. The van der Waals surface area contributed by atoms with Crippen LogP contribution in [0.3, 0.4) is 0 Å². The molecule has 0 aromatic heterocycles. The number of hydrogen-bond donors (Lipinski definition) is 1. The summed E-state index contributed by atoms with van der Waals surface area (Å²) in [4.78, 5) is 2.53. The Morgan fingerprint density at radius 1 is 1.30 bits per heavy atom. The van der Waals surface area contributed by atoms with E-state index >= 15 is 0 Å². The molecule has 1 unspecified atom stereocenters. The summed E-state index contributed by atoms with van der Waals surface area (Å²) in [6.45, 7) is 7.17. The molecule has 0 radical (unpaired) electrons. The first-order valence-corrected chi connectivity index (χ1v) is 7.55. The van der Waals surface area contributed by atoms with Gasteiger partial charge in [-0.2, -0.15) is 0 Å². The van der Waals surface area contributed by atoms with Crippen LogP contribution in [0.4, 0.5) is 0 Å². The van der Waals surface area contributed by atoms with Gasteiger partial charge < -0.3 is 14.8 Å². The maximum absolute atomic E-state index is 5.86. The van der Waals surface area contributed by atoms with Crippen molar-refractivity contribution < 1.29 is 9.47 Å². The van der Waals surface area contributed by atoms with Crippen LogP contribution in [-0.4, -0.2) is 50.8 Å². The maximum Gasteiger partial charge on any atom is 0.161 e. The monoisotopic (exact) mass is 278 g/mol. The smallest absolute Gasteiger partial charge is 0.161 e. The van der Waals surface area contributed by atoms with Crippen molar-refractivity contribution in [3.05, 3.63) is 24.3 Å². The Morgan fingerprint density at radius 3 is 2.85 bits per heavy atom. The topological polar surface area (TPSA) is 33.7 Å². The highest BCUT2D eigenvalue weighted by Gasteiger charge is 2.23. The first kappa shape index (κ1) is 15.1. The summed E-state index contributed by atoms with van der Waals surface area (Å²) in [5.41, 5.74) is 0. The van der Waals surface area contributed by atoms with Crippen molar-refractivity contribution >= 4 is 0 Å². The summed E-state index contributed by atoms with van der Waals surface area (Å²) in [7, 11) is 1.68.